The van der Waals surface area contributed by atoms with Crippen molar-refractivity contribution >= 4 is 17.2 Å². The van der Waals surface area contributed by atoms with Gasteiger partial charge in [-0.2, -0.15) is 9.61 Å². The van der Waals surface area contributed by atoms with Gasteiger partial charge in [0, 0.05) is 24.2 Å². The lowest BCUT2D eigenvalue weighted by molar-refractivity contribution is 0.0948. The fraction of sp³-hybridized carbons (Fsp3) is 0.533. The molecule has 0 aromatic carbocycles. The quantitative estimate of drug-likeness (QED) is 0.887. The summed E-state index contributed by atoms with van der Waals surface area (Å²) in [6, 6.07) is 3.99. The lowest BCUT2D eigenvalue weighted by Gasteiger charge is -2.13. The molecule has 6 nitrogen and oxygen atoms in total. The van der Waals surface area contributed by atoms with Crippen LogP contribution in [0.5, 0.6) is 0 Å². The number of aromatic nitrogens is 3. The van der Waals surface area contributed by atoms with E-state index in [2.05, 4.69) is 40.5 Å². The molecule has 1 aliphatic rings. The Morgan fingerprint density at radius 3 is 3.10 bits per heavy atom. The molecule has 1 unspecified atom stereocenters. The molecule has 0 bridgehead atoms. The van der Waals surface area contributed by atoms with Gasteiger partial charge in [0.25, 0.3) is 0 Å². The molecule has 1 N–H and O–H groups in total. The van der Waals surface area contributed by atoms with Crippen molar-refractivity contribution in [3.8, 4) is 0 Å². The van der Waals surface area contributed by atoms with Crippen LogP contribution >= 0.6 is 0 Å². The second-order valence-electron chi connectivity index (χ2n) is 5.31. The molecule has 3 heterocycles. The topological polar surface area (TPSA) is 63.8 Å². The first kappa shape index (κ1) is 13.9. The first-order valence-electron chi connectivity index (χ1n) is 7.59. The number of nitrogens with zero attached hydrogens (tertiary/aromatic N) is 4. The van der Waals surface area contributed by atoms with Gasteiger partial charge in [0.15, 0.2) is 5.65 Å². The van der Waals surface area contributed by atoms with E-state index in [1.807, 2.05) is 10.6 Å². The van der Waals surface area contributed by atoms with Crippen molar-refractivity contribution in [3.63, 3.8) is 0 Å². The summed E-state index contributed by atoms with van der Waals surface area (Å²) in [5.74, 6) is 0.960. The van der Waals surface area contributed by atoms with E-state index in [1.54, 1.807) is 6.20 Å². The summed E-state index contributed by atoms with van der Waals surface area (Å²) in [6.07, 6.45) is 5.78. The minimum Gasteiger partial charge on any atom is -0.390 e. The number of hydrogen-bond acceptors (Lipinski definition) is 5. The van der Waals surface area contributed by atoms with Crippen molar-refractivity contribution in [2.75, 3.05) is 11.9 Å². The van der Waals surface area contributed by atoms with Gasteiger partial charge in [-0.1, -0.05) is 25.4 Å². The first-order chi connectivity index (χ1) is 10.3. The maximum absolute atomic E-state index is 5.43. The maximum Gasteiger partial charge on any atom is 0.157 e. The van der Waals surface area contributed by atoms with Crippen LogP contribution in [0.2, 0.25) is 0 Å². The summed E-state index contributed by atoms with van der Waals surface area (Å²) in [4.78, 5) is 10.0. The van der Waals surface area contributed by atoms with E-state index >= 15 is 0 Å². The van der Waals surface area contributed by atoms with E-state index < -0.39 is 0 Å². The van der Waals surface area contributed by atoms with Crippen LogP contribution < -0.4 is 5.32 Å². The van der Waals surface area contributed by atoms with Gasteiger partial charge >= 0.3 is 0 Å². The molecular formula is C15H21N5O. The zero-order valence-corrected chi connectivity index (χ0v) is 12.5. The van der Waals surface area contributed by atoms with Crippen molar-refractivity contribution < 1.29 is 4.84 Å². The molecule has 3 rings (SSSR count). The van der Waals surface area contributed by atoms with Gasteiger partial charge in [-0.25, -0.2) is 4.98 Å². The summed E-state index contributed by atoms with van der Waals surface area (Å²) >= 11 is 0. The summed E-state index contributed by atoms with van der Waals surface area (Å²) in [7, 11) is 0. The number of oxime groups is 1. The zero-order chi connectivity index (χ0) is 14.7. The largest absolute Gasteiger partial charge is 0.390 e. The fourth-order valence-corrected chi connectivity index (χ4v) is 2.50. The van der Waals surface area contributed by atoms with Crippen molar-refractivity contribution in [2.45, 2.75) is 45.6 Å². The van der Waals surface area contributed by atoms with Crippen molar-refractivity contribution in [3.05, 3.63) is 24.0 Å². The van der Waals surface area contributed by atoms with Crippen LogP contribution in [0.1, 0.15) is 38.8 Å². The molecule has 1 atom stereocenters. The normalized spacial score (nSPS) is 17.8. The highest BCUT2D eigenvalue weighted by Crippen LogP contribution is 2.16. The third-order valence-corrected chi connectivity index (χ3v) is 3.63. The summed E-state index contributed by atoms with van der Waals surface area (Å²) < 4.78 is 1.83. The molecule has 0 aliphatic carbocycles. The van der Waals surface area contributed by atoms with Crippen LogP contribution in [0, 0.1) is 0 Å². The molecule has 0 saturated heterocycles. The number of hydrogen-bond donors (Lipinski definition) is 1. The molecule has 1 aliphatic heterocycles. The molecule has 0 fully saturated rings. The van der Waals surface area contributed by atoms with Gasteiger partial charge in [-0.15, -0.1) is 0 Å². The minimum atomic E-state index is 0.105. The third-order valence-electron chi connectivity index (χ3n) is 3.63. The molecule has 112 valence electrons. The molecule has 21 heavy (non-hydrogen) atoms. The summed E-state index contributed by atoms with van der Waals surface area (Å²) in [5, 5.41) is 11.8. The van der Waals surface area contributed by atoms with Crippen molar-refractivity contribution in [2.24, 2.45) is 5.16 Å². The maximum atomic E-state index is 5.43. The predicted octanol–water partition coefficient (Wildman–Crippen LogP) is 2.65. The molecule has 2 aromatic heterocycles. The monoisotopic (exact) mass is 287 g/mol. The Balaban J connectivity index is 1.72. The van der Waals surface area contributed by atoms with Gasteiger partial charge in [0.05, 0.1) is 18.5 Å². The van der Waals surface area contributed by atoms with E-state index in [1.165, 1.54) is 0 Å². The molecule has 2 aromatic rings. The minimum absolute atomic E-state index is 0.105. The smallest absolute Gasteiger partial charge is 0.157 e. The second-order valence-corrected chi connectivity index (χ2v) is 5.31. The molecule has 6 heteroatoms. The van der Waals surface area contributed by atoms with Crippen LogP contribution in [0.25, 0.3) is 5.65 Å². The average molecular weight is 287 g/mol. The van der Waals surface area contributed by atoms with E-state index in [0.717, 1.165) is 55.1 Å². The molecule has 0 amide bonds. The zero-order valence-electron chi connectivity index (χ0n) is 12.5. The Kier molecular flexibility index (Phi) is 4.03. The Labute approximate surface area is 124 Å². The lowest BCUT2D eigenvalue weighted by Crippen LogP contribution is -2.21. The number of fused-ring (bicyclic) bond motifs is 1. The van der Waals surface area contributed by atoms with E-state index in [4.69, 9.17) is 4.84 Å². The fourth-order valence-electron chi connectivity index (χ4n) is 2.50. The number of nitrogens with one attached hydrogen (secondary N) is 1. The van der Waals surface area contributed by atoms with E-state index in [9.17, 15) is 0 Å². The highest BCUT2D eigenvalue weighted by atomic mass is 16.6. The van der Waals surface area contributed by atoms with Crippen LogP contribution in [-0.2, 0) is 11.3 Å². The highest BCUT2D eigenvalue weighted by Gasteiger charge is 2.19. The highest BCUT2D eigenvalue weighted by molar-refractivity contribution is 5.85. The van der Waals surface area contributed by atoms with Crippen LogP contribution in [-0.4, -0.2) is 33.0 Å². The predicted molar refractivity (Wildman–Crippen MR) is 82.7 cm³/mol. The van der Waals surface area contributed by atoms with Crippen molar-refractivity contribution in [1.82, 2.24) is 14.6 Å². The molecule has 0 spiro atoms. The molecule has 0 saturated carbocycles. The molecular weight excluding hydrogens is 266 g/mol. The third kappa shape index (κ3) is 2.99. The van der Waals surface area contributed by atoms with Crippen LogP contribution in [0.15, 0.2) is 23.5 Å². The van der Waals surface area contributed by atoms with Crippen molar-refractivity contribution in [1.29, 1.82) is 0 Å². The van der Waals surface area contributed by atoms with Gasteiger partial charge in [0.1, 0.15) is 11.9 Å². The number of rotatable bonds is 6. The summed E-state index contributed by atoms with van der Waals surface area (Å²) in [6.45, 7) is 4.98. The van der Waals surface area contributed by atoms with E-state index in [0.29, 0.717) is 0 Å². The second kappa shape index (κ2) is 6.11. The first-order valence-corrected chi connectivity index (χ1v) is 7.59. The Bertz CT molecular complexity index is 649. The van der Waals surface area contributed by atoms with Gasteiger partial charge < -0.3 is 10.2 Å². The SMILES string of the molecule is CCCc1cc(NCC2CC(CC)=NO2)n2nccc2n1. The Hall–Kier alpha value is -2.11. The standard InChI is InChI=1S/C15H21N5O/c1-3-5-12-9-15(20-14(18-12)6-7-17-20)16-10-13-8-11(4-2)19-21-13/h6-7,9,13,16H,3-5,8,10H2,1-2H3. The number of anilines is 1. The summed E-state index contributed by atoms with van der Waals surface area (Å²) in [5.41, 5.74) is 3.10. The van der Waals surface area contributed by atoms with Crippen LogP contribution in [0.3, 0.4) is 0 Å². The molecule has 0 radical (unpaired) electrons. The lowest BCUT2D eigenvalue weighted by atomic mass is 10.1. The van der Waals surface area contributed by atoms with Gasteiger partial charge in [-0.05, 0) is 12.8 Å². The van der Waals surface area contributed by atoms with Crippen LogP contribution in [0.4, 0.5) is 5.82 Å². The Morgan fingerprint density at radius 2 is 2.33 bits per heavy atom. The van der Waals surface area contributed by atoms with Gasteiger partial charge in [-0.3, -0.25) is 0 Å². The Morgan fingerprint density at radius 1 is 1.43 bits per heavy atom. The number of aryl methyl sites for hydroxylation is 1. The average Bonchev–Trinajstić information content (AvgIpc) is 3.13. The van der Waals surface area contributed by atoms with Gasteiger partial charge in [0.2, 0.25) is 0 Å². The van der Waals surface area contributed by atoms with E-state index in [-0.39, 0.29) is 6.10 Å².